The second kappa shape index (κ2) is 4.89. The number of ether oxygens (including phenoxy) is 1. The fourth-order valence-corrected chi connectivity index (χ4v) is 1.55. The first kappa shape index (κ1) is 12.4. The van der Waals surface area contributed by atoms with Gasteiger partial charge in [-0.15, -0.1) is 11.6 Å². The van der Waals surface area contributed by atoms with Crippen molar-refractivity contribution in [3.05, 3.63) is 29.8 Å². The molecule has 84 valence electrons. The zero-order chi connectivity index (χ0) is 11.5. The van der Waals surface area contributed by atoms with Crippen molar-refractivity contribution < 1.29 is 4.74 Å². The molecule has 0 radical (unpaired) electrons. The first-order valence-corrected chi connectivity index (χ1v) is 5.75. The lowest BCUT2D eigenvalue weighted by Crippen LogP contribution is -2.13. The molecule has 0 aliphatic rings. The standard InChI is InChI=1S/C13H19ClO/c1-5-15-11-8-6-10(7-9-11)12(14)13(2,3)4/h6-9,12H,5H2,1-4H3. The summed E-state index contributed by atoms with van der Waals surface area (Å²) in [7, 11) is 0. The van der Waals surface area contributed by atoms with Gasteiger partial charge in [-0.25, -0.2) is 0 Å². The lowest BCUT2D eigenvalue weighted by atomic mass is 9.87. The number of rotatable bonds is 3. The van der Waals surface area contributed by atoms with Gasteiger partial charge in [-0.2, -0.15) is 0 Å². The Hall–Kier alpha value is -0.690. The minimum atomic E-state index is 0.0353. The van der Waals surface area contributed by atoms with Crippen LogP contribution in [0.4, 0.5) is 0 Å². The molecule has 0 N–H and O–H groups in total. The molecule has 0 saturated carbocycles. The monoisotopic (exact) mass is 226 g/mol. The van der Waals surface area contributed by atoms with E-state index in [4.69, 9.17) is 16.3 Å². The molecule has 0 bridgehead atoms. The molecule has 1 nitrogen and oxygen atoms in total. The summed E-state index contributed by atoms with van der Waals surface area (Å²) >= 11 is 6.37. The highest BCUT2D eigenvalue weighted by molar-refractivity contribution is 6.21. The molecule has 0 heterocycles. The minimum Gasteiger partial charge on any atom is -0.494 e. The van der Waals surface area contributed by atoms with Crippen LogP contribution >= 0.6 is 11.6 Å². The minimum absolute atomic E-state index is 0.0353. The lowest BCUT2D eigenvalue weighted by Gasteiger charge is -2.25. The van der Waals surface area contributed by atoms with Crippen LogP contribution in [0.2, 0.25) is 0 Å². The first-order valence-electron chi connectivity index (χ1n) is 5.32. The number of alkyl halides is 1. The summed E-state index contributed by atoms with van der Waals surface area (Å²) in [4.78, 5) is 0. The van der Waals surface area contributed by atoms with Gasteiger partial charge >= 0.3 is 0 Å². The molecular formula is C13H19ClO. The second-order valence-corrected chi connectivity index (χ2v) is 5.17. The Bertz CT molecular complexity index is 297. The Morgan fingerprint density at radius 1 is 1.20 bits per heavy atom. The van der Waals surface area contributed by atoms with Gasteiger partial charge in [0.2, 0.25) is 0 Å². The lowest BCUT2D eigenvalue weighted by molar-refractivity contribution is 0.339. The first-order chi connectivity index (χ1) is 6.95. The fraction of sp³-hybridized carbons (Fsp3) is 0.538. The summed E-state index contributed by atoms with van der Waals surface area (Å²) < 4.78 is 5.38. The molecule has 15 heavy (non-hydrogen) atoms. The topological polar surface area (TPSA) is 9.23 Å². The Labute approximate surface area is 97.4 Å². The van der Waals surface area contributed by atoms with Gasteiger partial charge in [0.15, 0.2) is 0 Å². The maximum Gasteiger partial charge on any atom is 0.119 e. The van der Waals surface area contributed by atoms with Crippen molar-refractivity contribution in [1.29, 1.82) is 0 Å². The summed E-state index contributed by atoms with van der Waals surface area (Å²) in [5.41, 5.74) is 1.22. The van der Waals surface area contributed by atoms with Crippen LogP contribution in [-0.4, -0.2) is 6.61 Å². The summed E-state index contributed by atoms with van der Waals surface area (Å²) in [5, 5.41) is 0.0353. The second-order valence-electron chi connectivity index (χ2n) is 4.73. The summed E-state index contributed by atoms with van der Waals surface area (Å²) in [5.74, 6) is 0.902. The number of benzene rings is 1. The van der Waals surface area contributed by atoms with E-state index in [1.807, 2.05) is 31.2 Å². The molecule has 2 heteroatoms. The SMILES string of the molecule is CCOc1ccc(C(Cl)C(C)(C)C)cc1. The van der Waals surface area contributed by atoms with E-state index in [0.717, 1.165) is 11.3 Å². The molecule has 0 spiro atoms. The zero-order valence-corrected chi connectivity index (χ0v) is 10.6. The number of hydrogen-bond acceptors (Lipinski definition) is 1. The van der Waals surface area contributed by atoms with E-state index in [2.05, 4.69) is 20.8 Å². The van der Waals surface area contributed by atoms with Gasteiger partial charge in [-0.05, 0) is 30.0 Å². The van der Waals surface area contributed by atoms with Gasteiger partial charge in [-0.3, -0.25) is 0 Å². The van der Waals surface area contributed by atoms with Gasteiger partial charge in [0.1, 0.15) is 5.75 Å². The average Bonchev–Trinajstić information content (AvgIpc) is 2.17. The van der Waals surface area contributed by atoms with E-state index in [-0.39, 0.29) is 10.8 Å². The fourth-order valence-electron chi connectivity index (χ4n) is 1.40. The summed E-state index contributed by atoms with van der Waals surface area (Å²) in [6.45, 7) is 9.10. The molecule has 0 saturated heterocycles. The molecular weight excluding hydrogens is 208 g/mol. The molecule has 1 atom stereocenters. The summed E-state index contributed by atoms with van der Waals surface area (Å²) in [6, 6.07) is 8.02. The van der Waals surface area contributed by atoms with Crippen LogP contribution < -0.4 is 4.74 Å². The number of halogens is 1. The Morgan fingerprint density at radius 2 is 1.73 bits per heavy atom. The van der Waals surface area contributed by atoms with E-state index < -0.39 is 0 Å². The maximum atomic E-state index is 6.37. The van der Waals surface area contributed by atoms with Gasteiger partial charge in [-0.1, -0.05) is 32.9 Å². The van der Waals surface area contributed by atoms with E-state index >= 15 is 0 Å². The van der Waals surface area contributed by atoms with Crippen LogP contribution in [0.25, 0.3) is 0 Å². The van der Waals surface area contributed by atoms with E-state index in [1.165, 1.54) is 0 Å². The maximum absolute atomic E-state index is 6.37. The molecule has 0 aliphatic carbocycles. The largest absolute Gasteiger partial charge is 0.494 e. The Morgan fingerprint density at radius 3 is 2.13 bits per heavy atom. The molecule has 0 amide bonds. The van der Waals surface area contributed by atoms with E-state index in [9.17, 15) is 0 Å². The third-order valence-electron chi connectivity index (χ3n) is 2.24. The quantitative estimate of drug-likeness (QED) is 0.694. The van der Waals surface area contributed by atoms with Crippen molar-refractivity contribution in [3.8, 4) is 5.75 Å². The third-order valence-corrected chi connectivity index (χ3v) is 3.15. The highest BCUT2D eigenvalue weighted by Gasteiger charge is 2.23. The Balaban J connectivity index is 2.80. The predicted octanol–water partition coefficient (Wildman–Crippen LogP) is 4.41. The number of hydrogen-bond donors (Lipinski definition) is 0. The van der Waals surface area contributed by atoms with E-state index in [1.54, 1.807) is 0 Å². The highest BCUT2D eigenvalue weighted by atomic mass is 35.5. The molecule has 0 aliphatic heterocycles. The van der Waals surface area contributed by atoms with Crippen LogP contribution in [0, 0.1) is 5.41 Å². The zero-order valence-electron chi connectivity index (χ0n) is 9.88. The van der Waals surface area contributed by atoms with Crippen molar-refractivity contribution in [1.82, 2.24) is 0 Å². The average molecular weight is 227 g/mol. The van der Waals surface area contributed by atoms with Crippen LogP contribution in [0.15, 0.2) is 24.3 Å². The van der Waals surface area contributed by atoms with Gasteiger partial charge in [0.05, 0.1) is 12.0 Å². The van der Waals surface area contributed by atoms with Gasteiger partial charge < -0.3 is 4.74 Å². The van der Waals surface area contributed by atoms with Crippen molar-refractivity contribution >= 4 is 11.6 Å². The molecule has 0 aromatic heterocycles. The highest BCUT2D eigenvalue weighted by Crippen LogP contribution is 2.38. The molecule has 1 rings (SSSR count). The molecule has 0 fully saturated rings. The van der Waals surface area contributed by atoms with Gasteiger partial charge in [0.25, 0.3) is 0 Å². The summed E-state index contributed by atoms with van der Waals surface area (Å²) in [6.07, 6.45) is 0. The van der Waals surface area contributed by atoms with Gasteiger partial charge in [0, 0.05) is 0 Å². The van der Waals surface area contributed by atoms with Crippen molar-refractivity contribution in [2.45, 2.75) is 33.1 Å². The van der Waals surface area contributed by atoms with Crippen LogP contribution in [-0.2, 0) is 0 Å². The normalized spacial score (nSPS) is 13.7. The van der Waals surface area contributed by atoms with Crippen LogP contribution in [0.3, 0.4) is 0 Å². The van der Waals surface area contributed by atoms with Crippen molar-refractivity contribution in [3.63, 3.8) is 0 Å². The Kier molecular flexibility index (Phi) is 4.04. The molecule has 1 aromatic carbocycles. The smallest absolute Gasteiger partial charge is 0.119 e. The predicted molar refractivity (Wildman–Crippen MR) is 65.7 cm³/mol. The van der Waals surface area contributed by atoms with Crippen LogP contribution in [0.5, 0.6) is 5.75 Å². The van der Waals surface area contributed by atoms with Crippen molar-refractivity contribution in [2.24, 2.45) is 5.41 Å². The third kappa shape index (κ3) is 3.42. The van der Waals surface area contributed by atoms with E-state index in [0.29, 0.717) is 6.61 Å². The van der Waals surface area contributed by atoms with Crippen molar-refractivity contribution in [2.75, 3.05) is 6.61 Å². The molecule has 1 unspecified atom stereocenters. The molecule has 1 aromatic rings. The van der Waals surface area contributed by atoms with Crippen LogP contribution in [0.1, 0.15) is 38.6 Å².